The van der Waals surface area contributed by atoms with Crippen LogP contribution in [0.25, 0.3) is 11.4 Å². The summed E-state index contributed by atoms with van der Waals surface area (Å²) in [6.45, 7) is 0.441. The minimum atomic E-state index is -0.145. The van der Waals surface area contributed by atoms with Crippen molar-refractivity contribution in [1.82, 2.24) is 30.1 Å². The van der Waals surface area contributed by atoms with Gasteiger partial charge in [-0.3, -0.25) is 4.79 Å². The summed E-state index contributed by atoms with van der Waals surface area (Å²) in [7, 11) is 3.32. The summed E-state index contributed by atoms with van der Waals surface area (Å²) in [5.74, 6) is 2.77. The molecule has 11 heteroatoms. The maximum Gasteiger partial charge on any atom is 0.308 e. The molecule has 0 amide bonds. The molecule has 0 radical (unpaired) electrons. The van der Waals surface area contributed by atoms with Crippen molar-refractivity contribution in [3.63, 3.8) is 0 Å². The summed E-state index contributed by atoms with van der Waals surface area (Å²) < 4.78 is 18.6. The fourth-order valence-electron chi connectivity index (χ4n) is 5.45. The number of nitrogens with one attached hydrogen (secondary N) is 1. The molecule has 2 atom stereocenters. The number of ether oxygens (including phenoxy) is 2. The molecule has 202 valence electrons. The molecule has 0 bridgehead atoms. The molecule has 0 saturated heterocycles. The maximum absolute atomic E-state index is 12.1. The van der Waals surface area contributed by atoms with Gasteiger partial charge in [0.2, 0.25) is 5.89 Å². The lowest BCUT2D eigenvalue weighted by molar-refractivity contribution is -0.147. The number of rotatable bonds is 10. The van der Waals surface area contributed by atoms with Crippen LogP contribution in [0.15, 0.2) is 16.7 Å². The van der Waals surface area contributed by atoms with E-state index < -0.39 is 0 Å². The Hall–Kier alpha value is -3.50. The van der Waals surface area contributed by atoms with Crippen molar-refractivity contribution in [3.8, 4) is 17.1 Å². The first-order valence-corrected chi connectivity index (χ1v) is 13.8. The van der Waals surface area contributed by atoms with Gasteiger partial charge in [0.1, 0.15) is 11.4 Å². The van der Waals surface area contributed by atoms with Crippen molar-refractivity contribution in [2.45, 2.75) is 82.8 Å². The molecule has 6 rings (SSSR count). The van der Waals surface area contributed by atoms with Gasteiger partial charge in [0, 0.05) is 19.4 Å². The zero-order valence-electron chi connectivity index (χ0n) is 22.1. The number of aryl methyl sites for hydroxylation is 1. The van der Waals surface area contributed by atoms with Gasteiger partial charge in [-0.2, -0.15) is 4.98 Å². The van der Waals surface area contributed by atoms with Crippen LogP contribution in [0.4, 0.5) is 5.95 Å². The standard InChI is InChI=1S/C27H35N7O4/c1-34-21(15-28-27-30-23(38-32-27)13-16-5-3-6-16)25(31-33-34)20-11-12-22(24(29-20)17-9-10-17)37-19-8-4-7-18(14-19)26(35)36-2/h11-12,16-19H,3-10,13-15H2,1-2H3,(H,28,32)/t18-,19-/m0/s1. The van der Waals surface area contributed by atoms with Crippen LogP contribution in [0, 0.1) is 11.8 Å². The van der Waals surface area contributed by atoms with E-state index in [0.29, 0.717) is 36.6 Å². The molecule has 3 saturated carbocycles. The zero-order valence-corrected chi connectivity index (χ0v) is 22.1. The predicted molar refractivity (Wildman–Crippen MR) is 137 cm³/mol. The third kappa shape index (κ3) is 5.37. The average molecular weight is 522 g/mol. The quantitative estimate of drug-likeness (QED) is 0.387. The van der Waals surface area contributed by atoms with Crippen LogP contribution in [0.2, 0.25) is 0 Å². The molecule has 3 aliphatic carbocycles. The molecule has 3 aromatic rings. The Morgan fingerprint density at radius 2 is 1.97 bits per heavy atom. The van der Waals surface area contributed by atoms with Gasteiger partial charge >= 0.3 is 5.97 Å². The Kier molecular flexibility index (Phi) is 6.99. The number of anilines is 1. The van der Waals surface area contributed by atoms with Gasteiger partial charge in [-0.25, -0.2) is 9.67 Å². The minimum Gasteiger partial charge on any atom is -0.488 e. The monoisotopic (exact) mass is 521 g/mol. The van der Waals surface area contributed by atoms with Crippen LogP contribution in [-0.4, -0.2) is 49.3 Å². The summed E-state index contributed by atoms with van der Waals surface area (Å²) in [5.41, 5.74) is 3.33. The summed E-state index contributed by atoms with van der Waals surface area (Å²) in [4.78, 5) is 21.6. The molecular formula is C27H35N7O4. The highest BCUT2D eigenvalue weighted by atomic mass is 16.5. The van der Waals surface area contributed by atoms with Crippen molar-refractivity contribution in [2.75, 3.05) is 12.4 Å². The van der Waals surface area contributed by atoms with Crippen LogP contribution in [-0.2, 0) is 29.5 Å². The average Bonchev–Trinajstić information content (AvgIpc) is 3.55. The van der Waals surface area contributed by atoms with Gasteiger partial charge in [0.25, 0.3) is 5.95 Å². The third-order valence-electron chi connectivity index (χ3n) is 8.06. The highest BCUT2D eigenvalue weighted by Crippen LogP contribution is 2.45. The molecule has 0 aromatic carbocycles. The number of carbonyl (C=O) groups is 1. The van der Waals surface area contributed by atoms with Crippen LogP contribution in [0.5, 0.6) is 5.75 Å². The van der Waals surface area contributed by atoms with Crippen molar-refractivity contribution in [1.29, 1.82) is 0 Å². The number of hydrogen-bond acceptors (Lipinski definition) is 10. The maximum atomic E-state index is 12.1. The molecule has 0 aliphatic heterocycles. The van der Waals surface area contributed by atoms with Crippen molar-refractivity contribution < 1.29 is 18.8 Å². The fourth-order valence-corrected chi connectivity index (χ4v) is 5.45. The number of methoxy groups -OCH3 is 1. The topological polar surface area (TPSA) is 130 Å². The summed E-state index contributed by atoms with van der Waals surface area (Å²) in [5, 5.41) is 16.0. The van der Waals surface area contributed by atoms with Gasteiger partial charge in [0.05, 0.1) is 42.8 Å². The Balaban J connectivity index is 1.16. The molecule has 1 N–H and O–H groups in total. The Morgan fingerprint density at radius 3 is 2.74 bits per heavy atom. The van der Waals surface area contributed by atoms with Gasteiger partial charge in [-0.05, 0) is 74.6 Å². The number of nitrogens with zero attached hydrogens (tertiary/aromatic N) is 6. The molecule has 3 fully saturated rings. The Morgan fingerprint density at radius 1 is 1.13 bits per heavy atom. The first kappa shape index (κ1) is 24.8. The van der Waals surface area contributed by atoms with E-state index in [2.05, 4.69) is 25.8 Å². The zero-order chi connectivity index (χ0) is 26.1. The van der Waals surface area contributed by atoms with Gasteiger partial charge < -0.3 is 19.3 Å². The van der Waals surface area contributed by atoms with Crippen LogP contribution in [0.3, 0.4) is 0 Å². The van der Waals surface area contributed by atoms with E-state index in [1.807, 2.05) is 19.2 Å². The van der Waals surface area contributed by atoms with Gasteiger partial charge in [0.15, 0.2) is 0 Å². The lowest BCUT2D eigenvalue weighted by Gasteiger charge is -2.28. The Bertz CT molecular complexity index is 1280. The molecule has 3 aliphatic rings. The lowest BCUT2D eigenvalue weighted by atomic mass is 9.83. The number of esters is 1. The highest BCUT2D eigenvalue weighted by molar-refractivity contribution is 5.72. The van der Waals surface area contributed by atoms with E-state index in [1.165, 1.54) is 26.4 Å². The molecule has 3 heterocycles. The third-order valence-corrected chi connectivity index (χ3v) is 8.06. The number of pyridine rings is 1. The lowest BCUT2D eigenvalue weighted by Crippen LogP contribution is -2.30. The van der Waals surface area contributed by atoms with Crippen LogP contribution >= 0.6 is 0 Å². The number of hydrogen-bond donors (Lipinski definition) is 1. The van der Waals surface area contributed by atoms with E-state index in [1.54, 1.807) is 4.68 Å². The highest BCUT2D eigenvalue weighted by Gasteiger charge is 2.33. The molecule has 11 nitrogen and oxygen atoms in total. The van der Waals surface area contributed by atoms with Crippen molar-refractivity contribution in [2.24, 2.45) is 18.9 Å². The predicted octanol–water partition coefficient (Wildman–Crippen LogP) is 4.20. The van der Waals surface area contributed by atoms with E-state index in [4.69, 9.17) is 19.0 Å². The first-order valence-electron chi connectivity index (χ1n) is 13.8. The second kappa shape index (κ2) is 10.7. The second-order valence-corrected chi connectivity index (χ2v) is 10.9. The summed E-state index contributed by atoms with van der Waals surface area (Å²) >= 11 is 0. The first-order chi connectivity index (χ1) is 18.6. The van der Waals surface area contributed by atoms with E-state index in [0.717, 1.165) is 67.1 Å². The van der Waals surface area contributed by atoms with Crippen LogP contribution in [0.1, 0.15) is 81.0 Å². The number of carbonyl (C=O) groups excluding carboxylic acids is 1. The largest absolute Gasteiger partial charge is 0.488 e. The van der Waals surface area contributed by atoms with Gasteiger partial charge in [-0.1, -0.05) is 11.6 Å². The Labute approximate surface area is 221 Å². The summed E-state index contributed by atoms with van der Waals surface area (Å²) in [6, 6.07) is 3.94. The SMILES string of the molecule is COC(=O)[C@H]1CCC[C@H](Oc2ccc(-c3nnn(C)c3CNc3noc(CC4CCC4)n3)nc2C2CC2)C1. The van der Waals surface area contributed by atoms with Crippen molar-refractivity contribution in [3.05, 3.63) is 29.4 Å². The van der Waals surface area contributed by atoms with Crippen molar-refractivity contribution >= 4 is 11.9 Å². The molecular weight excluding hydrogens is 486 g/mol. The van der Waals surface area contributed by atoms with E-state index in [-0.39, 0.29) is 18.0 Å². The minimum absolute atomic E-state index is 0.0154. The summed E-state index contributed by atoms with van der Waals surface area (Å²) in [6.07, 6.45) is 10.2. The smallest absolute Gasteiger partial charge is 0.308 e. The molecule has 0 spiro atoms. The van der Waals surface area contributed by atoms with E-state index in [9.17, 15) is 4.79 Å². The normalized spacial score (nSPS) is 21.6. The van der Waals surface area contributed by atoms with Gasteiger partial charge in [-0.15, -0.1) is 5.10 Å². The molecule has 0 unspecified atom stereocenters. The molecule has 38 heavy (non-hydrogen) atoms. The number of aromatic nitrogens is 6. The van der Waals surface area contributed by atoms with E-state index >= 15 is 0 Å². The van der Waals surface area contributed by atoms with Crippen LogP contribution < -0.4 is 10.1 Å². The second-order valence-electron chi connectivity index (χ2n) is 10.9. The fraction of sp³-hybridized carbons (Fsp3) is 0.630. The molecule has 3 aromatic heterocycles.